The van der Waals surface area contributed by atoms with E-state index in [2.05, 4.69) is 29.6 Å². The predicted octanol–water partition coefficient (Wildman–Crippen LogP) is 4.40. The molecule has 1 aromatic heterocycles. The Morgan fingerprint density at radius 3 is 2.39 bits per heavy atom. The van der Waals surface area contributed by atoms with E-state index in [1.54, 1.807) is 0 Å². The van der Waals surface area contributed by atoms with Crippen molar-refractivity contribution >= 4 is 30.0 Å². The van der Waals surface area contributed by atoms with Crippen molar-refractivity contribution in [3.63, 3.8) is 0 Å². The van der Waals surface area contributed by atoms with Gasteiger partial charge in [-0.3, -0.25) is 0 Å². The zero-order chi connectivity index (χ0) is 27.5. The van der Waals surface area contributed by atoms with Crippen LogP contribution in [-0.4, -0.2) is 63.2 Å². The SMILES string of the molecule is Cc1nc(N(COCC[Si](C)(C)C)S(C)(=O)=O)ncc1-c1c(O[C@@H](C)C(=O)O)cccc1C(F)(F)F. The number of hydrogen-bond acceptors (Lipinski definition) is 7. The number of aryl methyl sites for hydroxylation is 1. The summed E-state index contributed by atoms with van der Waals surface area (Å²) >= 11 is 0. The van der Waals surface area contributed by atoms with Crippen molar-refractivity contribution in [3.8, 4) is 16.9 Å². The molecule has 36 heavy (non-hydrogen) atoms. The normalized spacial score (nSPS) is 13.4. The highest BCUT2D eigenvalue weighted by Crippen LogP contribution is 2.43. The Balaban J connectivity index is 2.53. The van der Waals surface area contributed by atoms with Gasteiger partial charge in [-0.15, -0.1) is 0 Å². The maximum Gasteiger partial charge on any atom is 0.417 e. The van der Waals surface area contributed by atoms with Crippen molar-refractivity contribution in [2.24, 2.45) is 0 Å². The van der Waals surface area contributed by atoms with Gasteiger partial charge in [0.25, 0.3) is 0 Å². The summed E-state index contributed by atoms with van der Waals surface area (Å²) in [7, 11) is -5.29. The number of anilines is 1. The lowest BCUT2D eigenvalue weighted by molar-refractivity contribution is -0.144. The summed E-state index contributed by atoms with van der Waals surface area (Å²) in [5, 5.41) is 9.15. The molecular formula is C22H30F3N3O6SSi. The standard InChI is InChI=1S/C22H30F3N3O6SSi/c1-14-16(19-17(22(23,24)25)8-7-9-18(19)34-15(2)20(29)30)12-26-21(27-14)28(35(3,31)32)13-33-10-11-36(4,5)6/h7-9,12,15H,10-11,13H2,1-6H3,(H,29,30)/t15-/m0/s1. The second-order valence-corrected chi connectivity index (χ2v) is 16.9. The lowest BCUT2D eigenvalue weighted by atomic mass is 9.98. The highest BCUT2D eigenvalue weighted by Gasteiger charge is 2.36. The summed E-state index contributed by atoms with van der Waals surface area (Å²) in [6, 6.07) is 3.95. The van der Waals surface area contributed by atoms with Crippen LogP contribution in [0.3, 0.4) is 0 Å². The van der Waals surface area contributed by atoms with Gasteiger partial charge in [0.2, 0.25) is 16.0 Å². The lowest BCUT2D eigenvalue weighted by Gasteiger charge is -2.23. The third-order valence-corrected chi connectivity index (χ3v) is 7.82. The Bertz CT molecular complexity index is 1200. The molecule has 2 aromatic rings. The second kappa shape index (κ2) is 11.1. The van der Waals surface area contributed by atoms with E-state index in [9.17, 15) is 26.4 Å². The number of aromatic nitrogens is 2. The van der Waals surface area contributed by atoms with E-state index in [1.165, 1.54) is 19.9 Å². The van der Waals surface area contributed by atoms with E-state index in [4.69, 9.17) is 14.6 Å². The number of sulfonamides is 1. The zero-order valence-corrected chi connectivity index (χ0v) is 22.7. The summed E-state index contributed by atoms with van der Waals surface area (Å²) < 4.78 is 77.9. The first kappa shape index (κ1) is 29.5. The zero-order valence-electron chi connectivity index (χ0n) is 20.9. The summed E-state index contributed by atoms with van der Waals surface area (Å²) in [4.78, 5) is 19.4. The summed E-state index contributed by atoms with van der Waals surface area (Å²) in [6.07, 6.45) is -4.22. The smallest absolute Gasteiger partial charge is 0.417 e. The number of alkyl halides is 3. The molecule has 0 aliphatic rings. The summed E-state index contributed by atoms with van der Waals surface area (Å²) in [5.41, 5.74) is -1.58. The highest BCUT2D eigenvalue weighted by molar-refractivity contribution is 7.92. The fraction of sp³-hybridized carbons (Fsp3) is 0.500. The van der Waals surface area contributed by atoms with Gasteiger partial charge in [-0.1, -0.05) is 25.7 Å². The Kier molecular flexibility index (Phi) is 9.13. The van der Waals surface area contributed by atoms with E-state index in [0.717, 1.165) is 34.9 Å². The molecule has 0 unspecified atom stereocenters. The van der Waals surface area contributed by atoms with Crippen LogP contribution in [0.5, 0.6) is 5.75 Å². The van der Waals surface area contributed by atoms with Crippen LogP contribution in [0, 0.1) is 6.92 Å². The number of carboxylic acids is 1. The molecule has 2 rings (SSSR count). The fourth-order valence-electron chi connectivity index (χ4n) is 3.03. The van der Waals surface area contributed by atoms with Gasteiger partial charge in [0.15, 0.2) is 6.10 Å². The van der Waals surface area contributed by atoms with Gasteiger partial charge >= 0.3 is 12.1 Å². The Morgan fingerprint density at radius 1 is 1.25 bits per heavy atom. The molecule has 0 aliphatic heterocycles. The number of aliphatic carboxylic acids is 1. The lowest BCUT2D eigenvalue weighted by Crippen LogP contribution is -2.34. The minimum Gasteiger partial charge on any atom is -0.479 e. The van der Waals surface area contributed by atoms with Gasteiger partial charge in [0, 0.05) is 32.0 Å². The molecule has 1 aromatic carbocycles. The van der Waals surface area contributed by atoms with E-state index in [-0.39, 0.29) is 29.7 Å². The molecule has 9 nitrogen and oxygen atoms in total. The first-order chi connectivity index (χ1) is 16.4. The molecule has 1 heterocycles. The van der Waals surface area contributed by atoms with Crippen LogP contribution < -0.4 is 9.04 Å². The van der Waals surface area contributed by atoms with Gasteiger partial charge in [0.1, 0.15) is 12.5 Å². The van der Waals surface area contributed by atoms with Crippen molar-refractivity contribution in [2.75, 3.05) is 23.9 Å². The average Bonchev–Trinajstić information content (AvgIpc) is 2.71. The number of benzene rings is 1. The van der Waals surface area contributed by atoms with Gasteiger partial charge in [0.05, 0.1) is 17.5 Å². The van der Waals surface area contributed by atoms with E-state index in [1.807, 2.05) is 0 Å². The van der Waals surface area contributed by atoms with Crippen molar-refractivity contribution in [2.45, 2.75) is 51.8 Å². The van der Waals surface area contributed by atoms with Crippen LogP contribution in [0.25, 0.3) is 11.1 Å². The number of ether oxygens (including phenoxy) is 2. The number of rotatable bonds is 11. The van der Waals surface area contributed by atoms with Crippen molar-refractivity contribution in [3.05, 3.63) is 35.7 Å². The topological polar surface area (TPSA) is 119 Å². The first-order valence-electron chi connectivity index (χ1n) is 10.9. The molecule has 1 atom stereocenters. The molecule has 0 saturated heterocycles. The molecule has 0 amide bonds. The minimum atomic E-state index is -4.80. The van der Waals surface area contributed by atoms with Crippen molar-refractivity contribution in [1.29, 1.82) is 0 Å². The van der Waals surface area contributed by atoms with Crippen molar-refractivity contribution in [1.82, 2.24) is 9.97 Å². The third-order valence-electron chi connectivity index (χ3n) is 5.05. The van der Waals surface area contributed by atoms with E-state index < -0.39 is 47.5 Å². The van der Waals surface area contributed by atoms with Gasteiger partial charge in [-0.05, 0) is 32.0 Å². The van der Waals surface area contributed by atoms with Gasteiger partial charge in [-0.2, -0.15) is 13.2 Å². The largest absolute Gasteiger partial charge is 0.479 e. The van der Waals surface area contributed by atoms with Crippen LogP contribution >= 0.6 is 0 Å². The second-order valence-electron chi connectivity index (χ2n) is 9.40. The quantitative estimate of drug-likeness (QED) is 0.249. The Morgan fingerprint density at radius 2 is 1.89 bits per heavy atom. The number of halogens is 3. The van der Waals surface area contributed by atoms with Gasteiger partial charge < -0.3 is 14.6 Å². The van der Waals surface area contributed by atoms with Crippen LogP contribution in [0.15, 0.2) is 24.4 Å². The Hall–Kier alpha value is -2.71. The number of nitrogens with zero attached hydrogens (tertiary/aromatic N) is 3. The molecule has 200 valence electrons. The van der Waals surface area contributed by atoms with Gasteiger partial charge in [-0.25, -0.2) is 27.5 Å². The molecule has 0 bridgehead atoms. The highest BCUT2D eigenvalue weighted by atomic mass is 32.2. The predicted molar refractivity (Wildman–Crippen MR) is 131 cm³/mol. The minimum absolute atomic E-state index is 0.0280. The van der Waals surface area contributed by atoms with Crippen LogP contribution in [0.4, 0.5) is 19.1 Å². The molecule has 0 aliphatic carbocycles. The third kappa shape index (κ3) is 7.90. The number of carboxylic acid groups (broad SMARTS) is 1. The monoisotopic (exact) mass is 549 g/mol. The molecule has 0 spiro atoms. The van der Waals surface area contributed by atoms with E-state index >= 15 is 0 Å². The van der Waals surface area contributed by atoms with E-state index in [0.29, 0.717) is 6.61 Å². The number of carbonyl (C=O) groups is 1. The summed E-state index contributed by atoms with van der Waals surface area (Å²) in [6.45, 7) is 8.99. The molecule has 14 heteroatoms. The molecular weight excluding hydrogens is 519 g/mol. The fourth-order valence-corrected chi connectivity index (χ4v) is 4.44. The maximum atomic E-state index is 13.8. The average molecular weight is 550 g/mol. The molecule has 0 fully saturated rings. The van der Waals surface area contributed by atoms with Crippen LogP contribution in [0.2, 0.25) is 25.7 Å². The first-order valence-corrected chi connectivity index (χ1v) is 16.5. The number of hydrogen-bond donors (Lipinski definition) is 1. The molecule has 0 radical (unpaired) electrons. The summed E-state index contributed by atoms with van der Waals surface area (Å²) in [5.74, 6) is -1.95. The maximum absolute atomic E-state index is 13.8. The Labute approximate surface area is 209 Å². The van der Waals surface area contributed by atoms with Crippen molar-refractivity contribution < 1.29 is 41.0 Å². The van der Waals surface area contributed by atoms with Crippen LogP contribution in [-0.2, 0) is 25.7 Å². The molecule has 1 N–H and O–H groups in total. The van der Waals surface area contributed by atoms with Crippen LogP contribution in [0.1, 0.15) is 18.2 Å². The molecule has 0 saturated carbocycles.